The Morgan fingerprint density at radius 2 is 1.83 bits per heavy atom. The fourth-order valence-electron chi connectivity index (χ4n) is 7.14. The number of carbonyl (C=O) groups excluding carboxylic acids is 2. The van der Waals surface area contributed by atoms with Crippen LogP contribution in [0.4, 0.5) is 8.78 Å². The number of halogens is 2. The predicted octanol–water partition coefficient (Wildman–Crippen LogP) is 5.62. The number of ether oxygens (including phenoxy) is 1. The van der Waals surface area contributed by atoms with Crippen molar-refractivity contribution >= 4 is 21.8 Å². The van der Waals surface area contributed by atoms with Crippen molar-refractivity contribution in [1.29, 1.82) is 0 Å². The summed E-state index contributed by atoms with van der Waals surface area (Å²) in [5.74, 6) is -1.11. The van der Waals surface area contributed by atoms with E-state index in [1.165, 1.54) is 19.9 Å². The number of sulfonamides is 1. The Bertz CT molecular complexity index is 1590. The van der Waals surface area contributed by atoms with E-state index >= 15 is 4.39 Å². The van der Waals surface area contributed by atoms with E-state index in [0.717, 1.165) is 25.7 Å². The third-order valence-corrected chi connectivity index (χ3v) is 11.9. The van der Waals surface area contributed by atoms with Crippen LogP contribution in [0.15, 0.2) is 36.4 Å². The lowest BCUT2D eigenvalue weighted by Gasteiger charge is -2.27. The van der Waals surface area contributed by atoms with E-state index in [9.17, 15) is 22.4 Å². The fourth-order valence-corrected chi connectivity index (χ4v) is 7.88. The van der Waals surface area contributed by atoms with Crippen molar-refractivity contribution in [2.75, 3.05) is 6.54 Å². The van der Waals surface area contributed by atoms with Gasteiger partial charge in [0, 0.05) is 36.5 Å². The molecular weight excluding hydrogens is 612 g/mol. The topological polar surface area (TPSA) is 114 Å². The number of hydrogen-bond donors (Lipinski definition) is 3. The molecule has 1 saturated heterocycles. The first-order valence-corrected chi connectivity index (χ1v) is 18.0. The standard InChI is InChI=1S/C35H47F2N3O5S/c1-6-26-27(10-9-11-29(26)36)28-18-23(33(4,5)31(41)40-46(43,44)22(2)3)12-15-30(28)45-25-14-13-24(19-25)39-32(42)35(37)20-34(38-21-35)16-7-8-17-34/h9-12,15,18,22,24-25,38H,6-8,13-14,16-17,19-21H2,1-5H3,(H,39,42)(H,40,41)/t24-,25-,35+/m1/s1. The second-order valence-electron chi connectivity index (χ2n) is 14.2. The third-order valence-electron chi connectivity index (χ3n) is 10.2. The maximum Gasteiger partial charge on any atom is 0.259 e. The zero-order valence-electron chi connectivity index (χ0n) is 27.5. The van der Waals surface area contributed by atoms with Gasteiger partial charge in [-0.25, -0.2) is 17.2 Å². The van der Waals surface area contributed by atoms with Crippen LogP contribution in [0.2, 0.25) is 0 Å². The zero-order chi connectivity index (χ0) is 33.5. The minimum absolute atomic E-state index is 0.0341. The summed E-state index contributed by atoms with van der Waals surface area (Å²) < 4.78 is 64.4. The lowest BCUT2D eigenvalue weighted by atomic mass is 9.82. The summed E-state index contributed by atoms with van der Waals surface area (Å²) in [5.41, 5.74) is -1.21. The molecule has 3 N–H and O–H groups in total. The first kappa shape index (κ1) is 34.3. The first-order valence-electron chi connectivity index (χ1n) is 16.5. The zero-order valence-corrected chi connectivity index (χ0v) is 28.3. The van der Waals surface area contributed by atoms with E-state index in [0.29, 0.717) is 53.7 Å². The molecule has 0 radical (unpaired) electrons. The smallest absolute Gasteiger partial charge is 0.259 e. The minimum Gasteiger partial charge on any atom is -0.490 e. The van der Waals surface area contributed by atoms with Gasteiger partial charge in [0.25, 0.3) is 5.91 Å². The van der Waals surface area contributed by atoms with Gasteiger partial charge < -0.3 is 15.4 Å². The van der Waals surface area contributed by atoms with E-state index in [1.54, 1.807) is 44.2 Å². The maximum atomic E-state index is 15.8. The molecule has 2 aliphatic carbocycles. The van der Waals surface area contributed by atoms with Crippen molar-refractivity contribution in [3.8, 4) is 16.9 Å². The SMILES string of the molecule is CCc1c(F)cccc1-c1cc(C(C)(C)C(=O)NS(=O)(=O)C(C)C)ccc1O[C@@H]1CC[C@@H](NC(=O)[C@@]2(F)CNC3(CCCC3)C2)C1. The number of carbonyl (C=O) groups is 2. The molecule has 3 fully saturated rings. The summed E-state index contributed by atoms with van der Waals surface area (Å²) in [7, 11) is -3.85. The molecule has 11 heteroatoms. The molecule has 1 aliphatic heterocycles. The van der Waals surface area contributed by atoms with Crippen LogP contribution in [0.3, 0.4) is 0 Å². The number of amides is 2. The number of benzene rings is 2. The first-order chi connectivity index (χ1) is 21.6. The average Bonchev–Trinajstić information content (AvgIpc) is 3.73. The van der Waals surface area contributed by atoms with Gasteiger partial charge in [-0.05, 0) is 94.7 Å². The van der Waals surface area contributed by atoms with Crippen LogP contribution in [0.25, 0.3) is 11.1 Å². The second-order valence-corrected chi connectivity index (χ2v) is 16.4. The van der Waals surface area contributed by atoms with Crippen molar-refractivity contribution in [1.82, 2.24) is 15.4 Å². The Kier molecular flexibility index (Phi) is 9.59. The summed E-state index contributed by atoms with van der Waals surface area (Å²) in [4.78, 5) is 26.3. The molecule has 252 valence electrons. The van der Waals surface area contributed by atoms with E-state index in [4.69, 9.17) is 4.74 Å². The molecule has 0 unspecified atom stereocenters. The van der Waals surface area contributed by atoms with Crippen molar-refractivity contribution in [3.05, 3.63) is 53.3 Å². The molecule has 1 heterocycles. The molecule has 1 spiro atoms. The largest absolute Gasteiger partial charge is 0.490 e. The molecular formula is C35H47F2N3O5S. The molecule has 5 rings (SSSR count). The summed E-state index contributed by atoms with van der Waals surface area (Å²) in [6.07, 6.45) is 6.01. The van der Waals surface area contributed by atoms with Gasteiger partial charge in [0.1, 0.15) is 17.7 Å². The van der Waals surface area contributed by atoms with Crippen LogP contribution < -0.4 is 20.1 Å². The predicted molar refractivity (Wildman–Crippen MR) is 174 cm³/mol. The highest BCUT2D eigenvalue weighted by Crippen LogP contribution is 2.43. The second kappa shape index (κ2) is 12.9. The van der Waals surface area contributed by atoms with Crippen molar-refractivity contribution in [3.63, 3.8) is 0 Å². The third kappa shape index (κ3) is 6.81. The Labute approximate surface area is 271 Å². The monoisotopic (exact) mass is 659 g/mol. The van der Waals surface area contributed by atoms with E-state index in [2.05, 4.69) is 15.4 Å². The molecule has 2 amide bonds. The summed E-state index contributed by atoms with van der Waals surface area (Å²) >= 11 is 0. The van der Waals surface area contributed by atoms with E-state index in [-0.39, 0.29) is 36.5 Å². The molecule has 3 atom stereocenters. The van der Waals surface area contributed by atoms with Gasteiger partial charge in [0.15, 0.2) is 0 Å². The Morgan fingerprint density at radius 3 is 2.50 bits per heavy atom. The van der Waals surface area contributed by atoms with Gasteiger partial charge in [-0.1, -0.05) is 38.0 Å². The van der Waals surface area contributed by atoms with Gasteiger partial charge in [-0.15, -0.1) is 0 Å². The van der Waals surface area contributed by atoms with E-state index < -0.39 is 38.2 Å². The molecule has 2 saturated carbocycles. The number of alkyl halides is 1. The van der Waals surface area contributed by atoms with Crippen LogP contribution in [0.1, 0.15) is 97.1 Å². The van der Waals surface area contributed by atoms with Crippen LogP contribution in [0.5, 0.6) is 5.75 Å². The highest BCUT2D eigenvalue weighted by molar-refractivity contribution is 7.90. The van der Waals surface area contributed by atoms with Crippen molar-refractivity contribution in [2.45, 2.75) is 126 Å². The van der Waals surface area contributed by atoms with E-state index in [1.807, 2.05) is 6.92 Å². The lowest BCUT2D eigenvalue weighted by Crippen LogP contribution is -2.48. The van der Waals surface area contributed by atoms with Crippen LogP contribution in [-0.2, 0) is 31.4 Å². The molecule has 0 aromatic heterocycles. The Morgan fingerprint density at radius 1 is 1.11 bits per heavy atom. The summed E-state index contributed by atoms with van der Waals surface area (Å²) in [6, 6.07) is 9.80. The quantitative estimate of drug-likeness (QED) is 0.305. The molecule has 3 aliphatic rings. The van der Waals surface area contributed by atoms with Crippen molar-refractivity contribution in [2.24, 2.45) is 0 Å². The molecule has 0 bridgehead atoms. The van der Waals surface area contributed by atoms with Crippen molar-refractivity contribution < 1.29 is 31.5 Å². The highest BCUT2D eigenvalue weighted by atomic mass is 32.2. The van der Waals surface area contributed by atoms with Gasteiger partial charge in [0.2, 0.25) is 21.6 Å². The molecule has 46 heavy (non-hydrogen) atoms. The normalized spacial score (nSPS) is 24.4. The number of hydrogen-bond acceptors (Lipinski definition) is 6. The van der Waals surface area contributed by atoms with Gasteiger partial charge >= 0.3 is 0 Å². The molecule has 2 aromatic rings. The minimum atomic E-state index is -3.85. The average molecular weight is 660 g/mol. The van der Waals surface area contributed by atoms with Crippen LogP contribution >= 0.6 is 0 Å². The maximum absolute atomic E-state index is 15.8. The summed E-state index contributed by atoms with van der Waals surface area (Å²) in [6.45, 7) is 8.16. The Balaban J connectivity index is 1.36. The number of rotatable bonds is 10. The molecule has 8 nitrogen and oxygen atoms in total. The van der Waals surface area contributed by atoms with Crippen LogP contribution in [-0.4, -0.2) is 55.4 Å². The van der Waals surface area contributed by atoms with Gasteiger partial charge in [-0.2, -0.15) is 0 Å². The highest BCUT2D eigenvalue weighted by Gasteiger charge is 2.54. The lowest BCUT2D eigenvalue weighted by molar-refractivity contribution is -0.132. The van der Waals surface area contributed by atoms with Gasteiger partial charge in [-0.3, -0.25) is 14.3 Å². The summed E-state index contributed by atoms with van der Waals surface area (Å²) in [5, 5.41) is 5.46. The fraction of sp³-hybridized carbons (Fsp3) is 0.600. The van der Waals surface area contributed by atoms with Crippen LogP contribution in [0, 0.1) is 5.82 Å². The number of nitrogens with one attached hydrogen (secondary N) is 3. The Hall–Kier alpha value is -3.05. The van der Waals surface area contributed by atoms with Gasteiger partial charge in [0.05, 0.1) is 10.7 Å². The molecule has 2 aromatic carbocycles.